The predicted molar refractivity (Wildman–Crippen MR) is 103 cm³/mol. The first kappa shape index (κ1) is 18.8. The standard InChI is InChI=1S/C20H18FN5O3/c1-28-10-4-6-18-24-19(25-29-18)13-7-8-14(21)15(11-13)23-20(27)16-12-22-17-5-2-3-9-26(16)17/h2-3,5,7-9,11-12H,4,6,10H2,1H3,(H,23,27). The summed E-state index contributed by atoms with van der Waals surface area (Å²) in [4.78, 5) is 21.1. The number of anilines is 1. The molecule has 0 aliphatic rings. The summed E-state index contributed by atoms with van der Waals surface area (Å²) in [5.74, 6) is -0.256. The van der Waals surface area contributed by atoms with Crippen molar-refractivity contribution >= 4 is 17.2 Å². The van der Waals surface area contributed by atoms with Crippen LogP contribution in [-0.4, -0.2) is 39.1 Å². The van der Waals surface area contributed by atoms with Crippen LogP contribution in [0.2, 0.25) is 0 Å². The van der Waals surface area contributed by atoms with Gasteiger partial charge in [0, 0.05) is 31.9 Å². The summed E-state index contributed by atoms with van der Waals surface area (Å²) in [6.45, 7) is 0.591. The molecule has 0 aliphatic heterocycles. The smallest absolute Gasteiger partial charge is 0.274 e. The van der Waals surface area contributed by atoms with Gasteiger partial charge in [-0.3, -0.25) is 9.20 Å². The van der Waals surface area contributed by atoms with E-state index in [1.165, 1.54) is 24.4 Å². The van der Waals surface area contributed by atoms with Gasteiger partial charge >= 0.3 is 0 Å². The lowest BCUT2D eigenvalue weighted by atomic mass is 10.1. The quantitative estimate of drug-likeness (QED) is 0.482. The first-order chi connectivity index (χ1) is 14.2. The number of halogens is 1. The number of benzene rings is 1. The van der Waals surface area contributed by atoms with Crippen LogP contribution in [0.3, 0.4) is 0 Å². The van der Waals surface area contributed by atoms with E-state index in [2.05, 4.69) is 20.4 Å². The molecule has 0 fully saturated rings. The van der Waals surface area contributed by atoms with Gasteiger partial charge in [-0.25, -0.2) is 9.37 Å². The highest BCUT2D eigenvalue weighted by atomic mass is 19.1. The molecule has 0 aliphatic carbocycles. The third-order valence-electron chi connectivity index (χ3n) is 4.33. The number of aromatic nitrogens is 4. The molecule has 8 nitrogen and oxygen atoms in total. The lowest BCUT2D eigenvalue weighted by Crippen LogP contribution is -2.15. The highest BCUT2D eigenvalue weighted by Gasteiger charge is 2.16. The Hall–Kier alpha value is -3.59. The van der Waals surface area contributed by atoms with Gasteiger partial charge in [0.2, 0.25) is 11.7 Å². The number of imidazole rings is 1. The summed E-state index contributed by atoms with van der Waals surface area (Å²) in [7, 11) is 1.63. The maximum absolute atomic E-state index is 14.3. The Kier molecular flexibility index (Phi) is 5.30. The van der Waals surface area contributed by atoms with Gasteiger partial charge in [-0.1, -0.05) is 11.2 Å². The van der Waals surface area contributed by atoms with E-state index in [0.717, 1.165) is 6.42 Å². The molecule has 0 atom stereocenters. The molecule has 3 heterocycles. The van der Waals surface area contributed by atoms with Gasteiger partial charge in [0.15, 0.2) is 0 Å². The monoisotopic (exact) mass is 395 g/mol. The van der Waals surface area contributed by atoms with Crippen molar-refractivity contribution in [3.8, 4) is 11.4 Å². The van der Waals surface area contributed by atoms with Gasteiger partial charge in [0.05, 0.1) is 11.9 Å². The number of carbonyl (C=O) groups excluding carboxylic acids is 1. The molecule has 1 aromatic carbocycles. The zero-order valence-corrected chi connectivity index (χ0v) is 15.6. The van der Waals surface area contributed by atoms with Crippen molar-refractivity contribution in [1.29, 1.82) is 0 Å². The van der Waals surface area contributed by atoms with Crippen LogP contribution in [0.25, 0.3) is 17.0 Å². The van der Waals surface area contributed by atoms with Crippen LogP contribution in [0.15, 0.2) is 53.3 Å². The molecule has 0 saturated heterocycles. The number of rotatable bonds is 7. The number of methoxy groups -OCH3 is 1. The first-order valence-corrected chi connectivity index (χ1v) is 9.00. The summed E-state index contributed by atoms with van der Waals surface area (Å²) in [5.41, 5.74) is 1.47. The largest absolute Gasteiger partial charge is 0.385 e. The van der Waals surface area contributed by atoms with Crippen molar-refractivity contribution in [2.45, 2.75) is 12.8 Å². The number of amides is 1. The molecule has 148 valence electrons. The number of hydrogen-bond donors (Lipinski definition) is 1. The summed E-state index contributed by atoms with van der Waals surface area (Å²) >= 11 is 0. The number of carbonyl (C=O) groups is 1. The molecule has 1 amide bonds. The minimum Gasteiger partial charge on any atom is -0.385 e. The van der Waals surface area contributed by atoms with Crippen molar-refractivity contribution in [3.05, 3.63) is 66.2 Å². The average Bonchev–Trinajstić information content (AvgIpc) is 3.37. The number of nitrogens with one attached hydrogen (secondary N) is 1. The van der Waals surface area contributed by atoms with Crippen LogP contribution in [0.1, 0.15) is 22.8 Å². The number of aryl methyl sites for hydroxylation is 1. The van der Waals surface area contributed by atoms with Crippen molar-refractivity contribution in [3.63, 3.8) is 0 Å². The van der Waals surface area contributed by atoms with Crippen molar-refractivity contribution in [2.24, 2.45) is 0 Å². The SMILES string of the molecule is COCCCc1nc(-c2ccc(F)c(NC(=O)c3cnc4ccccn34)c2)no1. The van der Waals surface area contributed by atoms with E-state index in [4.69, 9.17) is 9.26 Å². The Morgan fingerprint density at radius 1 is 1.31 bits per heavy atom. The van der Waals surface area contributed by atoms with Gasteiger partial charge in [-0.2, -0.15) is 4.98 Å². The minimum absolute atomic E-state index is 0.0177. The third-order valence-corrected chi connectivity index (χ3v) is 4.33. The Bertz CT molecular complexity index is 1150. The molecule has 3 aromatic heterocycles. The second-order valence-electron chi connectivity index (χ2n) is 6.33. The van der Waals surface area contributed by atoms with Crippen LogP contribution in [-0.2, 0) is 11.2 Å². The highest BCUT2D eigenvalue weighted by molar-refractivity contribution is 6.03. The summed E-state index contributed by atoms with van der Waals surface area (Å²) in [5, 5.41) is 6.52. The third kappa shape index (κ3) is 3.99. The summed E-state index contributed by atoms with van der Waals surface area (Å²) < 4.78 is 26.1. The molecule has 0 saturated carbocycles. The minimum atomic E-state index is -0.570. The van der Waals surface area contributed by atoms with Crippen LogP contribution < -0.4 is 5.32 Å². The van der Waals surface area contributed by atoms with Crippen LogP contribution in [0, 0.1) is 5.82 Å². The fourth-order valence-corrected chi connectivity index (χ4v) is 2.89. The maximum Gasteiger partial charge on any atom is 0.274 e. The van der Waals surface area contributed by atoms with E-state index in [1.807, 2.05) is 6.07 Å². The van der Waals surface area contributed by atoms with Gasteiger partial charge < -0.3 is 14.6 Å². The Morgan fingerprint density at radius 2 is 2.21 bits per heavy atom. The van der Waals surface area contributed by atoms with Crippen molar-refractivity contribution in [2.75, 3.05) is 19.0 Å². The number of pyridine rings is 1. The zero-order chi connectivity index (χ0) is 20.2. The van der Waals surface area contributed by atoms with E-state index in [1.54, 1.807) is 29.8 Å². The Balaban J connectivity index is 1.55. The summed E-state index contributed by atoms with van der Waals surface area (Å²) in [6, 6.07) is 9.64. The molecule has 0 radical (unpaired) electrons. The predicted octanol–water partition coefficient (Wildman–Crippen LogP) is 3.35. The number of hydrogen-bond acceptors (Lipinski definition) is 6. The topological polar surface area (TPSA) is 94.5 Å². The van der Waals surface area contributed by atoms with Crippen molar-refractivity contribution < 1.29 is 18.4 Å². The highest BCUT2D eigenvalue weighted by Crippen LogP contribution is 2.24. The Morgan fingerprint density at radius 3 is 3.07 bits per heavy atom. The second-order valence-corrected chi connectivity index (χ2v) is 6.33. The molecular weight excluding hydrogens is 377 g/mol. The van der Waals surface area contributed by atoms with Crippen LogP contribution in [0.5, 0.6) is 0 Å². The van der Waals surface area contributed by atoms with Crippen molar-refractivity contribution in [1.82, 2.24) is 19.5 Å². The van der Waals surface area contributed by atoms with E-state index >= 15 is 0 Å². The number of nitrogens with zero attached hydrogens (tertiary/aromatic N) is 4. The van der Waals surface area contributed by atoms with Crippen LogP contribution in [0.4, 0.5) is 10.1 Å². The molecule has 4 aromatic rings. The van der Waals surface area contributed by atoms with Gasteiger partial charge in [-0.15, -0.1) is 0 Å². The number of ether oxygens (including phenoxy) is 1. The van der Waals surface area contributed by atoms with Crippen LogP contribution >= 0.6 is 0 Å². The molecule has 1 N–H and O–H groups in total. The zero-order valence-electron chi connectivity index (χ0n) is 15.6. The molecule has 9 heteroatoms. The molecule has 29 heavy (non-hydrogen) atoms. The molecular formula is C20H18FN5O3. The van der Waals surface area contributed by atoms with Gasteiger partial charge in [-0.05, 0) is 36.8 Å². The van der Waals surface area contributed by atoms with E-state index in [9.17, 15) is 9.18 Å². The maximum atomic E-state index is 14.3. The average molecular weight is 395 g/mol. The van der Waals surface area contributed by atoms with E-state index in [0.29, 0.717) is 41.6 Å². The lowest BCUT2D eigenvalue weighted by Gasteiger charge is -2.07. The summed E-state index contributed by atoms with van der Waals surface area (Å²) in [6.07, 6.45) is 4.49. The molecule has 0 bridgehead atoms. The molecule has 0 spiro atoms. The Labute approximate surface area is 165 Å². The number of fused-ring (bicyclic) bond motifs is 1. The van der Waals surface area contributed by atoms with E-state index in [-0.39, 0.29) is 5.69 Å². The van der Waals surface area contributed by atoms with Gasteiger partial charge in [0.25, 0.3) is 5.91 Å². The van der Waals surface area contributed by atoms with E-state index < -0.39 is 11.7 Å². The molecule has 4 rings (SSSR count). The molecule has 0 unspecified atom stereocenters. The normalized spacial score (nSPS) is 11.1. The lowest BCUT2D eigenvalue weighted by molar-refractivity contribution is 0.102. The fourth-order valence-electron chi connectivity index (χ4n) is 2.89. The first-order valence-electron chi connectivity index (χ1n) is 9.00. The second kappa shape index (κ2) is 8.19. The van der Waals surface area contributed by atoms with Gasteiger partial charge in [0.1, 0.15) is 17.2 Å². The fraction of sp³-hybridized carbons (Fsp3) is 0.200.